The molecule has 0 saturated heterocycles. The number of carbonyl (C=O) groups is 1. The Morgan fingerprint density at radius 3 is 2.33 bits per heavy atom. The summed E-state index contributed by atoms with van der Waals surface area (Å²) in [5.41, 5.74) is 0.816. The molecular weight excluding hydrogens is 364 g/mol. The highest BCUT2D eigenvalue weighted by molar-refractivity contribution is 7.89. The Bertz CT molecular complexity index is 821. The highest BCUT2D eigenvalue weighted by Gasteiger charge is 2.26. The molecule has 2 aromatic carbocycles. The number of benzene rings is 2. The Morgan fingerprint density at radius 2 is 1.74 bits per heavy atom. The third-order valence-corrected chi connectivity index (χ3v) is 5.88. The zero-order valence-electron chi connectivity index (χ0n) is 15.7. The first kappa shape index (κ1) is 20.9. The van der Waals surface area contributed by atoms with Crippen molar-refractivity contribution in [2.24, 2.45) is 0 Å². The molecule has 0 radical (unpaired) electrons. The van der Waals surface area contributed by atoms with E-state index in [1.54, 1.807) is 12.1 Å². The van der Waals surface area contributed by atoms with Crippen molar-refractivity contribution in [3.8, 4) is 5.75 Å². The smallest absolute Gasteiger partial charge is 0.243 e. The summed E-state index contributed by atoms with van der Waals surface area (Å²) in [6, 6.07) is 15.4. The van der Waals surface area contributed by atoms with Crippen molar-refractivity contribution >= 4 is 15.9 Å². The molecular formula is C20H26N2O4S. The van der Waals surface area contributed by atoms with Gasteiger partial charge in [-0.15, -0.1) is 0 Å². The fourth-order valence-electron chi connectivity index (χ4n) is 2.53. The van der Waals surface area contributed by atoms with Crippen LogP contribution in [0.15, 0.2) is 59.5 Å². The summed E-state index contributed by atoms with van der Waals surface area (Å²) in [5.74, 6) is 0.261. The number of hydrogen-bond donors (Lipinski definition) is 1. The Morgan fingerprint density at radius 1 is 1.07 bits per heavy atom. The van der Waals surface area contributed by atoms with Gasteiger partial charge in [0.15, 0.2) is 0 Å². The molecule has 0 spiro atoms. The molecule has 6 nitrogen and oxygen atoms in total. The Balaban J connectivity index is 2.24. The van der Waals surface area contributed by atoms with Crippen LogP contribution in [0.25, 0.3) is 0 Å². The number of nitrogens with zero attached hydrogens (tertiary/aromatic N) is 1. The first-order chi connectivity index (χ1) is 13.0. The van der Waals surface area contributed by atoms with E-state index in [1.807, 2.05) is 37.3 Å². The monoisotopic (exact) mass is 390 g/mol. The number of methoxy groups -OCH3 is 1. The van der Waals surface area contributed by atoms with Crippen LogP contribution >= 0.6 is 0 Å². The second-order valence-corrected chi connectivity index (χ2v) is 8.08. The lowest BCUT2D eigenvalue weighted by atomic mass is 10.2. The van der Waals surface area contributed by atoms with Gasteiger partial charge >= 0.3 is 0 Å². The molecule has 0 unspecified atom stereocenters. The SMILES string of the molecule is CCCCNC(=O)CN(Cc1ccccc1)S(=O)(=O)c1ccc(OC)cc1. The van der Waals surface area contributed by atoms with Crippen LogP contribution in [0.3, 0.4) is 0 Å². The molecule has 0 atom stereocenters. The van der Waals surface area contributed by atoms with E-state index in [9.17, 15) is 13.2 Å². The lowest BCUT2D eigenvalue weighted by Gasteiger charge is -2.22. The van der Waals surface area contributed by atoms with E-state index >= 15 is 0 Å². The quantitative estimate of drug-likeness (QED) is 0.633. The molecule has 0 heterocycles. The van der Waals surface area contributed by atoms with E-state index in [0.29, 0.717) is 12.3 Å². The zero-order chi connectivity index (χ0) is 19.7. The number of nitrogens with one attached hydrogen (secondary N) is 1. The molecule has 0 bridgehead atoms. The Kier molecular flexibility index (Phi) is 7.82. The molecule has 1 amide bonds. The van der Waals surface area contributed by atoms with E-state index in [1.165, 1.54) is 23.5 Å². The number of rotatable bonds is 10. The van der Waals surface area contributed by atoms with Gasteiger partial charge in [0, 0.05) is 13.1 Å². The third kappa shape index (κ3) is 6.08. The van der Waals surface area contributed by atoms with Crippen LogP contribution in [0.1, 0.15) is 25.3 Å². The minimum absolute atomic E-state index is 0.121. The highest BCUT2D eigenvalue weighted by atomic mass is 32.2. The molecule has 0 aliphatic heterocycles. The topological polar surface area (TPSA) is 75.7 Å². The summed E-state index contributed by atoms with van der Waals surface area (Å²) in [6.45, 7) is 2.46. The van der Waals surface area contributed by atoms with Gasteiger partial charge in [-0.2, -0.15) is 4.31 Å². The summed E-state index contributed by atoms with van der Waals surface area (Å²) in [7, 11) is -2.31. The summed E-state index contributed by atoms with van der Waals surface area (Å²) in [6.07, 6.45) is 1.81. The van der Waals surface area contributed by atoms with Gasteiger partial charge in [-0.05, 0) is 36.2 Å². The van der Waals surface area contributed by atoms with E-state index in [2.05, 4.69) is 5.32 Å². The average Bonchev–Trinajstić information content (AvgIpc) is 2.68. The second kappa shape index (κ2) is 10.1. The number of sulfonamides is 1. The molecule has 1 N–H and O–H groups in total. The van der Waals surface area contributed by atoms with E-state index in [4.69, 9.17) is 4.74 Å². The molecule has 0 saturated carbocycles. The van der Waals surface area contributed by atoms with E-state index < -0.39 is 10.0 Å². The number of hydrogen-bond acceptors (Lipinski definition) is 4. The Labute approximate surface area is 161 Å². The van der Waals surface area contributed by atoms with Gasteiger partial charge in [0.25, 0.3) is 0 Å². The van der Waals surface area contributed by atoms with Crippen LogP contribution in [-0.4, -0.2) is 38.8 Å². The van der Waals surface area contributed by atoms with Crippen molar-refractivity contribution in [1.82, 2.24) is 9.62 Å². The van der Waals surface area contributed by atoms with Crippen LogP contribution in [0.4, 0.5) is 0 Å². The van der Waals surface area contributed by atoms with Gasteiger partial charge in [0.05, 0.1) is 18.6 Å². The van der Waals surface area contributed by atoms with E-state index in [0.717, 1.165) is 18.4 Å². The van der Waals surface area contributed by atoms with Crippen LogP contribution in [0, 0.1) is 0 Å². The van der Waals surface area contributed by atoms with Crippen molar-refractivity contribution in [1.29, 1.82) is 0 Å². The van der Waals surface area contributed by atoms with Crippen LogP contribution < -0.4 is 10.1 Å². The maximum atomic E-state index is 13.1. The van der Waals surface area contributed by atoms with Gasteiger partial charge in [-0.3, -0.25) is 4.79 Å². The average molecular weight is 391 g/mol. The molecule has 0 fully saturated rings. The predicted molar refractivity (Wildman–Crippen MR) is 105 cm³/mol. The minimum Gasteiger partial charge on any atom is -0.497 e. The normalized spacial score (nSPS) is 11.4. The summed E-state index contributed by atoms with van der Waals surface area (Å²) in [5, 5.41) is 2.78. The van der Waals surface area contributed by atoms with Gasteiger partial charge in [0.1, 0.15) is 5.75 Å². The standard InChI is InChI=1S/C20H26N2O4S/c1-3-4-14-21-20(23)16-22(15-17-8-6-5-7-9-17)27(24,25)19-12-10-18(26-2)11-13-19/h5-13H,3-4,14-16H2,1-2H3,(H,21,23). The summed E-state index contributed by atoms with van der Waals surface area (Å²) >= 11 is 0. The largest absolute Gasteiger partial charge is 0.497 e. The maximum Gasteiger partial charge on any atom is 0.243 e. The third-order valence-electron chi connectivity index (χ3n) is 4.07. The van der Waals surface area contributed by atoms with Gasteiger partial charge in [-0.1, -0.05) is 43.7 Å². The van der Waals surface area contributed by atoms with Gasteiger partial charge in [-0.25, -0.2) is 8.42 Å². The predicted octanol–water partition coefficient (Wildman–Crippen LogP) is 2.80. The highest BCUT2D eigenvalue weighted by Crippen LogP contribution is 2.21. The minimum atomic E-state index is -3.83. The van der Waals surface area contributed by atoms with Crippen molar-refractivity contribution in [2.75, 3.05) is 20.2 Å². The van der Waals surface area contributed by atoms with Gasteiger partial charge < -0.3 is 10.1 Å². The zero-order valence-corrected chi connectivity index (χ0v) is 16.5. The molecule has 0 aromatic heterocycles. The van der Waals surface area contributed by atoms with Crippen molar-refractivity contribution in [3.05, 3.63) is 60.2 Å². The van der Waals surface area contributed by atoms with Crippen molar-refractivity contribution in [2.45, 2.75) is 31.2 Å². The molecule has 0 aliphatic rings. The maximum absolute atomic E-state index is 13.1. The number of amides is 1. The van der Waals surface area contributed by atoms with Crippen LogP contribution in [0.2, 0.25) is 0 Å². The Hall–Kier alpha value is -2.38. The fourth-order valence-corrected chi connectivity index (χ4v) is 3.91. The molecule has 2 rings (SSSR count). The first-order valence-corrected chi connectivity index (χ1v) is 10.4. The molecule has 27 heavy (non-hydrogen) atoms. The molecule has 146 valence electrons. The molecule has 7 heteroatoms. The molecule has 0 aliphatic carbocycles. The number of ether oxygens (including phenoxy) is 1. The van der Waals surface area contributed by atoms with Crippen molar-refractivity contribution < 1.29 is 17.9 Å². The first-order valence-electron chi connectivity index (χ1n) is 8.92. The van der Waals surface area contributed by atoms with Gasteiger partial charge in [0.2, 0.25) is 15.9 Å². The lowest BCUT2D eigenvalue weighted by molar-refractivity contribution is -0.121. The van der Waals surface area contributed by atoms with Crippen molar-refractivity contribution in [3.63, 3.8) is 0 Å². The van der Waals surface area contributed by atoms with E-state index in [-0.39, 0.29) is 23.9 Å². The van der Waals surface area contributed by atoms with Crippen LogP contribution in [-0.2, 0) is 21.4 Å². The second-order valence-electron chi connectivity index (χ2n) is 6.14. The summed E-state index contributed by atoms with van der Waals surface area (Å²) in [4.78, 5) is 12.4. The summed E-state index contributed by atoms with van der Waals surface area (Å²) < 4.78 is 32.5. The lowest BCUT2D eigenvalue weighted by Crippen LogP contribution is -2.40. The van der Waals surface area contributed by atoms with Crippen LogP contribution in [0.5, 0.6) is 5.75 Å². The number of carbonyl (C=O) groups excluding carboxylic acids is 1. The fraction of sp³-hybridized carbons (Fsp3) is 0.350. The number of unbranched alkanes of at least 4 members (excludes halogenated alkanes) is 1. The molecule has 2 aromatic rings.